The van der Waals surface area contributed by atoms with Crippen LogP contribution in [-0.2, 0) is 6.42 Å². The molecule has 0 spiro atoms. The highest BCUT2D eigenvalue weighted by atomic mass is 79.9. The summed E-state index contributed by atoms with van der Waals surface area (Å²) >= 11 is 3.51. The summed E-state index contributed by atoms with van der Waals surface area (Å²) in [7, 11) is 0. The van der Waals surface area contributed by atoms with Crippen molar-refractivity contribution in [3.8, 4) is 0 Å². The van der Waals surface area contributed by atoms with Crippen molar-refractivity contribution in [2.75, 3.05) is 0 Å². The molecule has 2 rings (SSSR count). The standard InChI is InChI=1S/C10H10BrN/c1-2-8-6-7-4-3-5-9(11)10(7)12-8/h3-6,12H,2H2,1H3. The Balaban J connectivity index is 2.74. The molecule has 0 atom stereocenters. The number of rotatable bonds is 1. The average Bonchev–Trinajstić information content (AvgIpc) is 2.49. The molecule has 2 aromatic rings. The number of halogens is 1. The van der Waals surface area contributed by atoms with Gasteiger partial charge in [0.15, 0.2) is 0 Å². The highest BCUT2D eigenvalue weighted by molar-refractivity contribution is 9.10. The van der Waals surface area contributed by atoms with E-state index in [0.29, 0.717) is 0 Å². The molecule has 1 heterocycles. The molecule has 0 aliphatic rings. The van der Waals surface area contributed by atoms with Gasteiger partial charge < -0.3 is 4.98 Å². The number of hydrogen-bond acceptors (Lipinski definition) is 0. The topological polar surface area (TPSA) is 15.8 Å². The molecule has 0 fully saturated rings. The summed E-state index contributed by atoms with van der Waals surface area (Å²) in [5.41, 5.74) is 2.49. The predicted octanol–water partition coefficient (Wildman–Crippen LogP) is 3.49. The Hall–Kier alpha value is -0.760. The SMILES string of the molecule is CCc1cc2cccc(Br)c2[nH]1. The van der Waals surface area contributed by atoms with Crippen LogP contribution in [0.1, 0.15) is 12.6 Å². The first-order chi connectivity index (χ1) is 5.81. The van der Waals surface area contributed by atoms with Gasteiger partial charge in [-0.25, -0.2) is 0 Å². The molecule has 1 N–H and O–H groups in total. The molecule has 1 nitrogen and oxygen atoms in total. The zero-order chi connectivity index (χ0) is 8.55. The van der Waals surface area contributed by atoms with Crippen molar-refractivity contribution < 1.29 is 0 Å². The van der Waals surface area contributed by atoms with Gasteiger partial charge in [0.05, 0.1) is 5.52 Å². The van der Waals surface area contributed by atoms with E-state index in [4.69, 9.17) is 0 Å². The molecule has 2 heteroatoms. The summed E-state index contributed by atoms with van der Waals surface area (Å²) in [6.07, 6.45) is 1.06. The first-order valence-electron chi connectivity index (χ1n) is 4.07. The van der Waals surface area contributed by atoms with E-state index in [2.05, 4.69) is 52.1 Å². The Kier molecular flexibility index (Phi) is 1.93. The van der Waals surface area contributed by atoms with E-state index in [1.54, 1.807) is 0 Å². The van der Waals surface area contributed by atoms with Crippen LogP contribution in [0, 0.1) is 0 Å². The number of H-pyrrole nitrogens is 1. The maximum Gasteiger partial charge on any atom is 0.0600 e. The van der Waals surface area contributed by atoms with Gasteiger partial charge in [0, 0.05) is 15.6 Å². The molecule has 0 aliphatic heterocycles. The van der Waals surface area contributed by atoms with Crippen LogP contribution in [0.4, 0.5) is 0 Å². The minimum atomic E-state index is 1.06. The fourth-order valence-electron chi connectivity index (χ4n) is 1.37. The monoisotopic (exact) mass is 223 g/mol. The van der Waals surface area contributed by atoms with Gasteiger partial charge in [0.25, 0.3) is 0 Å². The minimum Gasteiger partial charge on any atom is -0.357 e. The van der Waals surface area contributed by atoms with E-state index >= 15 is 0 Å². The number of para-hydroxylation sites is 1. The maximum absolute atomic E-state index is 3.51. The lowest BCUT2D eigenvalue weighted by Gasteiger charge is -1.91. The van der Waals surface area contributed by atoms with Crippen LogP contribution < -0.4 is 0 Å². The van der Waals surface area contributed by atoms with Crippen molar-refractivity contribution in [2.24, 2.45) is 0 Å². The molecule has 1 aromatic carbocycles. The first-order valence-corrected chi connectivity index (χ1v) is 4.86. The van der Waals surface area contributed by atoms with E-state index in [9.17, 15) is 0 Å². The number of nitrogens with one attached hydrogen (secondary N) is 1. The molecule has 0 saturated heterocycles. The second-order valence-electron chi connectivity index (χ2n) is 2.85. The highest BCUT2D eigenvalue weighted by Gasteiger charge is 2.00. The third-order valence-electron chi connectivity index (χ3n) is 2.04. The zero-order valence-electron chi connectivity index (χ0n) is 6.89. The summed E-state index contributed by atoms with van der Waals surface area (Å²) < 4.78 is 1.14. The smallest absolute Gasteiger partial charge is 0.0600 e. The lowest BCUT2D eigenvalue weighted by molar-refractivity contribution is 1.07. The van der Waals surface area contributed by atoms with Crippen molar-refractivity contribution in [3.63, 3.8) is 0 Å². The van der Waals surface area contributed by atoms with Gasteiger partial charge >= 0.3 is 0 Å². The summed E-state index contributed by atoms with van der Waals surface area (Å²) in [4.78, 5) is 3.37. The Morgan fingerprint density at radius 1 is 1.42 bits per heavy atom. The molecule has 0 aliphatic carbocycles. The fraction of sp³-hybridized carbons (Fsp3) is 0.200. The number of hydrogen-bond donors (Lipinski definition) is 1. The molecule has 0 radical (unpaired) electrons. The van der Waals surface area contributed by atoms with Crippen LogP contribution in [0.15, 0.2) is 28.7 Å². The lowest BCUT2D eigenvalue weighted by Crippen LogP contribution is -1.75. The second-order valence-corrected chi connectivity index (χ2v) is 3.71. The van der Waals surface area contributed by atoms with Crippen molar-refractivity contribution >= 4 is 26.8 Å². The minimum absolute atomic E-state index is 1.06. The largest absolute Gasteiger partial charge is 0.357 e. The molecule has 62 valence electrons. The van der Waals surface area contributed by atoms with Crippen molar-refractivity contribution in [1.82, 2.24) is 4.98 Å². The van der Waals surface area contributed by atoms with E-state index < -0.39 is 0 Å². The van der Waals surface area contributed by atoms with Crippen molar-refractivity contribution in [3.05, 3.63) is 34.4 Å². The summed E-state index contributed by atoms with van der Waals surface area (Å²) in [5.74, 6) is 0. The second kappa shape index (κ2) is 2.94. The summed E-state index contributed by atoms with van der Waals surface area (Å²) in [5, 5.41) is 1.28. The number of benzene rings is 1. The van der Waals surface area contributed by atoms with Gasteiger partial charge in [-0.15, -0.1) is 0 Å². The normalized spacial score (nSPS) is 10.8. The summed E-state index contributed by atoms with van der Waals surface area (Å²) in [6.45, 7) is 2.15. The van der Waals surface area contributed by atoms with Crippen molar-refractivity contribution in [2.45, 2.75) is 13.3 Å². The molecule has 1 aromatic heterocycles. The van der Waals surface area contributed by atoms with Crippen LogP contribution in [0.5, 0.6) is 0 Å². The van der Waals surface area contributed by atoms with Gasteiger partial charge in [0.2, 0.25) is 0 Å². The van der Waals surface area contributed by atoms with Gasteiger partial charge in [-0.3, -0.25) is 0 Å². The van der Waals surface area contributed by atoms with Crippen molar-refractivity contribution in [1.29, 1.82) is 0 Å². The molecule has 0 bridgehead atoms. The molecule has 0 unspecified atom stereocenters. The molecule has 12 heavy (non-hydrogen) atoms. The quantitative estimate of drug-likeness (QED) is 0.763. The van der Waals surface area contributed by atoms with Crippen LogP contribution in [-0.4, -0.2) is 4.98 Å². The number of aryl methyl sites for hydroxylation is 1. The van der Waals surface area contributed by atoms with Gasteiger partial charge in [0.1, 0.15) is 0 Å². The van der Waals surface area contributed by atoms with Crippen LogP contribution >= 0.6 is 15.9 Å². The Morgan fingerprint density at radius 2 is 2.25 bits per heavy atom. The third-order valence-corrected chi connectivity index (χ3v) is 2.70. The molecule has 0 amide bonds. The first kappa shape index (κ1) is 7.87. The van der Waals surface area contributed by atoms with Crippen LogP contribution in [0.3, 0.4) is 0 Å². The Labute approximate surface area is 79.9 Å². The molecular weight excluding hydrogens is 214 g/mol. The highest BCUT2D eigenvalue weighted by Crippen LogP contribution is 2.23. The summed E-state index contributed by atoms with van der Waals surface area (Å²) in [6, 6.07) is 8.42. The van der Waals surface area contributed by atoms with E-state index in [-0.39, 0.29) is 0 Å². The average molecular weight is 224 g/mol. The Bertz CT molecular complexity index is 403. The number of fused-ring (bicyclic) bond motifs is 1. The number of aromatic amines is 1. The molecule has 0 saturated carbocycles. The van der Waals surface area contributed by atoms with E-state index in [1.807, 2.05) is 0 Å². The van der Waals surface area contributed by atoms with E-state index in [0.717, 1.165) is 10.9 Å². The van der Waals surface area contributed by atoms with Crippen LogP contribution in [0.25, 0.3) is 10.9 Å². The molecular formula is C10H10BrN. The zero-order valence-corrected chi connectivity index (χ0v) is 8.48. The lowest BCUT2D eigenvalue weighted by atomic mass is 10.2. The van der Waals surface area contributed by atoms with Crippen LogP contribution in [0.2, 0.25) is 0 Å². The Morgan fingerprint density at radius 3 is 2.92 bits per heavy atom. The predicted molar refractivity (Wildman–Crippen MR) is 55.4 cm³/mol. The number of aromatic nitrogens is 1. The fourth-order valence-corrected chi connectivity index (χ4v) is 1.85. The van der Waals surface area contributed by atoms with Gasteiger partial charge in [-0.2, -0.15) is 0 Å². The maximum atomic E-state index is 3.51. The third kappa shape index (κ3) is 1.16. The van der Waals surface area contributed by atoms with Gasteiger partial charge in [-0.05, 0) is 34.5 Å². The van der Waals surface area contributed by atoms with E-state index in [1.165, 1.54) is 16.6 Å². The van der Waals surface area contributed by atoms with Gasteiger partial charge in [-0.1, -0.05) is 19.1 Å².